The van der Waals surface area contributed by atoms with Crippen LogP contribution in [0, 0.1) is 0 Å². The summed E-state index contributed by atoms with van der Waals surface area (Å²) in [7, 11) is -1.89. The van der Waals surface area contributed by atoms with Crippen molar-refractivity contribution in [3.8, 4) is 0 Å². The second kappa shape index (κ2) is 3.26. The van der Waals surface area contributed by atoms with Gasteiger partial charge in [0.1, 0.15) is 0 Å². The topological polar surface area (TPSA) is 80.7 Å². The summed E-state index contributed by atoms with van der Waals surface area (Å²) in [6, 6.07) is 0. The molecule has 5 nitrogen and oxygen atoms in total. The number of rotatable bonds is 1. The number of aliphatic hydroxyl groups is 1. The summed E-state index contributed by atoms with van der Waals surface area (Å²) in [5.74, 6) is -1.06. The molecule has 1 rings (SSSR count). The lowest BCUT2D eigenvalue weighted by molar-refractivity contribution is -0.163. The van der Waals surface area contributed by atoms with Crippen molar-refractivity contribution in [3.05, 3.63) is 0 Å². The van der Waals surface area contributed by atoms with Gasteiger partial charge in [0.05, 0.1) is 18.6 Å². The van der Waals surface area contributed by atoms with Crippen molar-refractivity contribution >= 4 is 15.8 Å². The van der Waals surface area contributed by atoms with Crippen molar-refractivity contribution in [2.75, 3.05) is 18.6 Å². The van der Waals surface area contributed by atoms with Gasteiger partial charge in [0.2, 0.25) is 0 Å². The van der Waals surface area contributed by atoms with E-state index in [1.807, 2.05) is 0 Å². The van der Waals surface area contributed by atoms with E-state index < -0.39 is 21.4 Å². The largest absolute Gasteiger partial charge is 0.467 e. The molecule has 1 N–H and O–H groups in total. The number of methoxy groups -OCH3 is 1. The van der Waals surface area contributed by atoms with Crippen LogP contribution in [0.15, 0.2) is 0 Å². The molecule has 0 saturated carbocycles. The van der Waals surface area contributed by atoms with Gasteiger partial charge >= 0.3 is 5.97 Å². The second-order valence-corrected chi connectivity index (χ2v) is 5.48. The first-order valence-electron chi connectivity index (χ1n) is 3.91. The van der Waals surface area contributed by atoms with Gasteiger partial charge in [-0.05, 0) is 0 Å². The Morgan fingerprint density at radius 3 is 2.23 bits per heavy atom. The number of hydrogen-bond acceptors (Lipinski definition) is 5. The van der Waals surface area contributed by atoms with Gasteiger partial charge in [0, 0.05) is 12.8 Å². The van der Waals surface area contributed by atoms with Crippen molar-refractivity contribution in [2.45, 2.75) is 18.4 Å². The van der Waals surface area contributed by atoms with Gasteiger partial charge < -0.3 is 9.84 Å². The Morgan fingerprint density at radius 1 is 1.38 bits per heavy atom. The highest BCUT2D eigenvalue weighted by Gasteiger charge is 2.42. The van der Waals surface area contributed by atoms with Crippen LogP contribution >= 0.6 is 0 Å². The number of sulfone groups is 1. The molecular formula is C7H12O5S. The van der Waals surface area contributed by atoms with Crippen LogP contribution in [0.1, 0.15) is 12.8 Å². The van der Waals surface area contributed by atoms with Gasteiger partial charge in [0.25, 0.3) is 0 Å². The lowest BCUT2D eigenvalue weighted by atomic mass is 9.97. The summed E-state index contributed by atoms with van der Waals surface area (Å²) in [4.78, 5) is 11.0. The van der Waals surface area contributed by atoms with Crippen LogP contribution in [0.3, 0.4) is 0 Å². The quantitative estimate of drug-likeness (QED) is 0.565. The molecule has 0 aromatic heterocycles. The second-order valence-electron chi connectivity index (χ2n) is 3.17. The predicted octanol–water partition coefficient (Wildman–Crippen LogP) is -0.901. The highest BCUT2D eigenvalue weighted by Crippen LogP contribution is 2.24. The van der Waals surface area contributed by atoms with E-state index in [4.69, 9.17) is 0 Å². The molecule has 0 bridgehead atoms. The van der Waals surface area contributed by atoms with Gasteiger partial charge in [-0.2, -0.15) is 0 Å². The predicted molar refractivity (Wildman–Crippen MR) is 44.9 cm³/mol. The summed E-state index contributed by atoms with van der Waals surface area (Å²) < 4.78 is 26.3. The fourth-order valence-corrected chi connectivity index (χ4v) is 2.77. The fraction of sp³-hybridized carbons (Fsp3) is 0.857. The third kappa shape index (κ3) is 2.19. The first-order chi connectivity index (χ1) is 5.90. The Labute approximate surface area is 76.6 Å². The summed E-state index contributed by atoms with van der Waals surface area (Å²) in [6.45, 7) is 0. The molecule has 0 amide bonds. The van der Waals surface area contributed by atoms with Crippen molar-refractivity contribution < 1.29 is 23.1 Å². The van der Waals surface area contributed by atoms with Crippen LogP contribution in [-0.4, -0.2) is 43.7 Å². The standard InChI is InChI=1S/C7H12O5S/c1-12-6(8)7(9)2-4-13(10,11)5-3-7/h9H,2-5H2,1H3. The van der Waals surface area contributed by atoms with E-state index in [1.54, 1.807) is 0 Å². The lowest BCUT2D eigenvalue weighted by Crippen LogP contribution is -2.46. The maximum atomic E-state index is 11.0. The van der Waals surface area contributed by atoms with Gasteiger partial charge in [0.15, 0.2) is 15.4 Å². The molecule has 1 saturated heterocycles. The molecule has 1 aliphatic heterocycles. The van der Waals surface area contributed by atoms with Crippen molar-refractivity contribution in [1.82, 2.24) is 0 Å². The molecule has 6 heteroatoms. The maximum Gasteiger partial charge on any atom is 0.337 e. The van der Waals surface area contributed by atoms with Crippen LogP contribution in [0.5, 0.6) is 0 Å². The number of ether oxygens (including phenoxy) is 1. The van der Waals surface area contributed by atoms with E-state index in [-0.39, 0.29) is 24.3 Å². The van der Waals surface area contributed by atoms with Crippen molar-refractivity contribution in [1.29, 1.82) is 0 Å². The lowest BCUT2D eigenvalue weighted by Gasteiger charge is -2.28. The van der Waals surface area contributed by atoms with Crippen LogP contribution in [0.2, 0.25) is 0 Å². The van der Waals surface area contributed by atoms with Crippen molar-refractivity contribution in [2.24, 2.45) is 0 Å². The Balaban J connectivity index is 2.72. The monoisotopic (exact) mass is 208 g/mol. The molecule has 0 atom stereocenters. The Hall–Kier alpha value is -0.620. The molecule has 13 heavy (non-hydrogen) atoms. The van der Waals surface area contributed by atoms with Crippen molar-refractivity contribution in [3.63, 3.8) is 0 Å². The van der Waals surface area contributed by atoms with Gasteiger partial charge in [-0.3, -0.25) is 0 Å². The van der Waals surface area contributed by atoms with E-state index in [9.17, 15) is 18.3 Å². The minimum Gasteiger partial charge on any atom is -0.467 e. The summed E-state index contributed by atoms with van der Waals surface area (Å²) in [6.07, 6.45) is -0.135. The van der Waals surface area contributed by atoms with Crippen LogP contribution in [-0.2, 0) is 19.4 Å². The van der Waals surface area contributed by atoms with Gasteiger partial charge in [-0.25, -0.2) is 13.2 Å². The van der Waals surface area contributed by atoms with Gasteiger partial charge in [-0.15, -0.1) is 0 Å². The van der Waals surface area contributed by atoms with E-state index >= 15 is 0 Å². The first kappa shape index (κ1) is 10.5. The third-order valence-electron chi connectivity index (χ3n) is 2.22. The van der Waals surface area contributed by atoms with Crippen LogP contribution < -0.4 is 0 Å². The zero-order chi connectivity index (χ0) is 10.1. The number of hydrogen-bond donors (Lipinski definition) is 1. The third-order valence-corrected chi connectivity index (χ3v) is 3.87. The molecule has 1 heterocycles. The Morgan fingerprint density at radius 2 is 1.85 bits per heavy atom. The minimum atomic E-state index is -3.06. The molecular weight excluding hydrogens is 196 g/mol. The molecule has 1 aliphatic rings. The minimum absolute atomic E-state index is 0.0675. The zero-order valence-electron chi connectivity index (χ0n) is 7.32. The molecule has 0 spiro atoms. The first-order valence-corrected chi connectivity index (χ1v) is 5.73. The van der Waals surface area contributed by atoms with E-state index in [1.165, 1.54) is 7.11 Å². The molecule has 0 aliphatic carbocycles. The number of carbonyl (C=O) groups is 1. The molecule has 0 aromatic rings. The average molecular weight is 208 g/mol. The molecule has 0 unspecified atom stereocenters. The Kier molecular flexibility index (Phi) is 2.63. The van der Waals surface area contributed by atoms with E-state index in [0.717, 1.165) is 0 Å². The fourth-order valence-electron chi connectivity index (χ4n) is 1.27. The molecule has 1 fully saturated rings. The van der Waals surface area contributed by atoms with Crippen LogP contribution in [0.25, 0.3) is 0 Å². The summed E-state index contributed by atoms with van der Waals surface area (Å²) >= 11 is 0. The SMILES string of the molecule is COC(=O)C1(O)CCS(=O)(=O)CC1. The average Bonchev–Trinajstić information content (AvgIpc) is 2.09. The number of esters is 1. The molecule has 0 radical (unpaired) electrons. The van der Waals surface area contributed by atoms with Crippen LogP contribution in [0.4, 0.5) is 0 Å². The Bertz CT molecular complexity index is 291. The zero-order valence-corrected chi connectivity index (χ0v) is 8.13. The molecule has 76 valence electrons. The molecule has 0 aromatic carbocycles. The highest BCUT2D eigenvalue weighted by atomic mass is 32.2. The normalized spacial score (nSPS) is 25.1. The number of carbonyl (C=O) groups excluding carboxylic acids is 1. The summed E-state index contributed by atoms with van der Waals surface area (Å²) in [5.41, 5.74) is -1.60. The maximum absolute atomic E-state index is 11.0. The highest BCUT2D eigenvalue weighted by molar-refractivity contribution is 7.91. The smallest absolute Gasteiger partial charge is 0.337 e. The van der Waals surface area contributed by atoms with Gasteiger partial charge in [-0.1, -0.05) is 0 Å². The summed E-state index contributed by atoms with van der Waals surface area (Å²) in [5, 5.41) is 9.63. The van der Waals surface area contributed by atoms with E-state index in [2.05, 4.69) is 4.74 Å². The van der Waals surface area contributed by atoms with E-state index in [0.29, 0.717) is 0 Å².